The van der Waals surface area contributed by atoms with Gasteiger partial charge in [-0.2, -0.15) is 0 Å². The first-order chi connectivity index (χ1) is 5.83. The zero-order chi connectivity index (χ0) is 8.81. The molecule has 0 unspecified atom stereocenters. The van der Waals surface area contributed by atoms with Crippen molar-refractivity contribution >= 4 is 17.4 Å². The van der Waals surface area contributed by atoms with E-state index in [9.17, 15) is 0 Å². The second-order valence-electron chi connectivity index (χ2n) is 2.49. The summed E-state index contributed by atoms with van der Waals surface area (Å²) in [5, 5.41) is 8.56. The summed E-state index contributed by atoms with van der Waals surface area (Å²) in [7, 11) is 0. The molecule has 0 saturated heterocycles. The van der Waals surface area contributed by atoms with E-state index in [-0.39, 0.29) is 23.7 Å². The number of aliphatic hydroxyl groups is 1. The first kappa shape index (κ1) is 12.8. The molecule has 0 atom stereocenters. The molecule has 0 bridgehead atoms. The molecule has 2 nitrogen and oxygen atoms in total. The average molecular weight is 239 g/mol. The van der Waals surface area contributed by atoms with Crippen LogP contribution >= 0.6 is 11.8 Å². The molecule has 0 aliphatic rings. The Bertz CT molecular complexity index is 228. The van der Waals surface area contributed by atoms with E-state index < -0.39 is 0 Å². The van der Waals surface area contributed by atoms with Crippen LogP contribution in [0.25, 0.3) is 0 Å². The molecule has 0 radical (unpaired) electrons. The molecule has 1 rings (SSSR count). The van der Waals surface area contributed by atoms with Crippen LogP contribution in [0.5, 0.6) is 0 Å². The number of nitrogens with two attached hydrogens (primary N) is 1. The van der Waals surface area contributed by atoms with Gasteiger partial charge in [-0.1, -0.05) is 0 Å². The van der Waals surface area contributed by atoms with E-state index in [1.165, 1.54) is 4.90 Å². The summed E-state index contributed by atoms with van der Waals surface area (Å²) in [6, 6.07) is 7.78. The summed E-state index contributed by atoms with van der Waals surface area (Å²) >= 11 is 1.74. The fraction of sp³-hybridized carbons (Fsp3) is 0.333. The number of anilines is 1. The Hall–Kier alpha value is -0.151. The van der Waals surface area contributed by atoms with E-state index in [1.54, 1.807) is 11.8 Å². The summed E-state index contributed by atoms with van der Waals surface area (Å²) in [5.74, 6) is 0.959. The molecule has 0 aliphatic heterocycles. The van der Waals surface area contributed by atoms with Crippen LogP contribution in [0, 0.1) is 0 Å². The Morgan fingerprint density at radius 2 is 1.85 bits per heavy atom. The Balaban J connectivity index is 0.00000144. The Kier molecular flexibility index (Phi) is 7.19. The molecule has 4 heteroatoms. The van der Waals surface area contributed by atoms with Crippen molar-refractivity contribution < 1.29 is 22.2 Å². The first-order valence-electron chi connectivity index (χ1n) is 3.92. The van der Waals surface area contributed by atoms with E-state index in [0.717, 1.165) is 17.9 Å². The smallest absolute Gasteiger partial charge is 0.0439 e. The van der Waals surface area contributed by atoms with Gasteiger partial charge in [-0.3, -0.25) is 0 Å². The quantitative estimate of drug-likeness (QED) is 0.364. The molecule has 0 amide bonds. The zero-order valence-electron chi connectivity index (χ0n) is 7.22. The van der Waals surface area contributed by atoms with Crippen LogP contribution in [0.4, 0.5) is 5.69 Å². The third-order valence-electron chi connectivity index (χ3n) is 1.45. The van der Waals surface area contributed by atoms with E-state index in [4.69, 9.17) is 10.8 Å². The van der Waals surface area contributed by atoms with Crippen molar-refractivity contribution in [1.82, 2.24) is 0 Å². The number of rotatable bonds is 4. The van der Waals surface area contributed by atoms with Gasteiger partial charge in [0.15, 0.2) is 0 Å². The Morgan fingerprint density at radius 1 is 1.23 bits per heavy atom. The Morgan fingerprint density at radius 3 is 2.38 bits per heavy atom. The molecule has 1 aromatic rings. The number of hydrogen-bond acceptors (Lipinski definition) is 3. The third-order valence-corrected chi connectivity index (χ3v) is 2.55. The van der Waals surface area contributed by atoms with Gasteiger partial charge in [0.2, 0.25) is 0 Å². The van der Waals surface area contributed by atoms with Crippen LogP contribution in [0.3, 0.4) is 0 Å². The van der Waals surface area contributed by atoms with Gasteiger partial charge < -0.3 is 10.8 Å². The van der Waals surface area contributed by atoms with Gasteiger partial charge >= 0.3 is 0 Å². The molecule has 0 spiro atoms. The maximum atomic E-state index is 8.56. The van der Waals surface area contributed by atoms with Crippen molar-refractivity contribution in [2.24, 2.45) is 0 Å². The molecule has 13 heavy (non-hydrogen) atoms. The molecule has 1 aromatic carbocycles. The van der Waals surface area contributed by atoms with Gasteiger partial charge in [-0.05, 0) is 30.7 Å². The standard InChI is InChI=1S/C9H13NOS.Fe/c10-8-2-4-9(5-3-8)12-7-1-6-11;/h2-5,11H,1,6-7,10H2;. The van der Waals surface area contributed by atoms with Crippen molar-refractivity contribution in [2.45, 2.75) is 11.3 Å². The molecule has 0 fully saturated rings. The van der Waals surface area contributed by atoms with Crippen LogP contribution in [0.2, 0.25) is 0 Å². The fourth-order valence-electron chi connectivity index (χ4n) is 0.819. The zero-order valence-corrected chi connectivity index (χ0v) is 9.14. The van der Waals surface area contributed by atoms with E-state index in [2.05, 4.69) is 0 Å². The van der Waals surface area contributed by atoms with Gasteiger partial charge in [0, 0.05) is 40.0 Å². The number of thioether (sulfide) groups is 1. The first-order valence-corrected chi connectivity index (χ1v) is 4.90. The van der Waals surface area contributed by atoms with Crippen LogP contribution in [0.15, 0.2) is 29.2 Å². The average Bonchev–Trinajstić information content (AvgIpc) is 2.09. The number of benzene rings is 1. The van der Waals surface area contributed by atoms with Gasteiger partial charge in [0.25, 0.3) is 0 Å². The molecule has 0 heterocycles. The van der Waals surface area contributed by atoms with E-state index in [0.29, 0.717) is 0 Å². The molecule has 3 N–H and O–H groups in total. The molecular formula is C9H13FeNOS. The summed E-state index contributed by atoms with van der Waals surface area (Å²) in [6.45, 7) is 0.266. The summed E-state index contributed by atoms with van der Waals surface area (Å²) in [6.07, 6.45) is 0.842. The molecular weight excluding hydrogens is 226 g/mol. The van der Waals surface area contributed by atoms with Crippen LogP contribution < -0.4 is 5.73 Å². The summed E-state index contributed by atoms with van der Waals surface area (Å²) < 4.78 is 0. The third kappa shape index (κ3) is 5.21. The van der Waals surface area contributed by atoms with Gasteiger partial charge in [0.05, 0.1) is 0 Å². The monoisotopic (exact) mass is 239 g/mol. The maximum absolute atomic E-state index is 8.56. The minimum atomic E-state index is 0. The molecule has 74 valence electrons. The van der Waals surface area contributed by atoms with Crippen LogP contribution in [-0.4, -0.2) is 17.5 Å². The SMILES string of the molecule is Nc1ccc(SCCCO)cc1.[Fe]. The van der Waals surface area contributed by atoms with Crippen molar-refractivity contribution in [3.05, 3.63) is 24.3 Å². The largest absolute Gasteiger partial charge is 0.399 e. The normalized spacial score (nSPS) is 9.31. The van der Waals surface area contributed by atoms with Gasteiger partial charge in [-0.15, -0.1) is 11.8 Å². The summed E-state index contributed by atoms with van der Waals surface area (Å²) in [5.41, 5.74) is 6.33. The summed E-state index contributed by atoms with van der Waals surface area (Å²) in [4.78, 5) is 1.21. The molecule has 0 aliphatic carbocycles. The van der Waals surface area contributed by atoms with E-state index in [1.807, 2.05) is 24.3 Å². The van der Waals surface area contributed by atoms with Crippen LogP contribution in [0.1, 0.15) is 6.42 Å². The van der Waals surface area contributed by atoms with Gasteiger partial charge in [0.1, 0.15) is 0 Å². The number of aliphatic hydroxyl groups excluding tert-OH is 1. The fourth-order valence-corrected chi connectivity index (χ4v) is 1.66. The maximum Gasteiger partial charge on any atom is 0.0439 e. The van der Waals surface area contributed by atoms with Crippen molar-refractivity contribution in [3.63, 3.8) is 0 Å². The second-order valence-corrected chi connectivity index (χ2v) is 3.66. The van der Waals surface area contributed by atoms with Crippen molar-refractivity contribution in [2.75, 3.05) is 18.1 Å². The van der Waals surface area contributed by atoms with E-state index >= 15 is 0 Å². The number of nitrogen functional groups attached to an aromatic ring is 1. The topological polar surface area (TPSA) is 46.2 Å². The van der Waals surface area contributed by atoms with Crippen LogP contribution in [-0.2, 0) is 17.1 Å². The molecule has 0 aromatic heterocycles. The van der Waals surface area contributed by atoms with Crippen molar-refractivity contribution in [3.8, 4) is 0 Å². The second kappa shape index (κ2) is 7.27. The van der Waals surface area contributed by atoms with Gasteiger partial charge in [-0.25, -0.2) is 0 Å². The minimum absolute atomic E-state index is 0. The predicted octanol–water partition coefficient (Wildman–Crippen LogP) is 1.74. The van der Waals surface area contributed by atoms with Crippen molar-refractivity contribution in [1.29, 1.82) is 0 Å². The molecule has 0 saturated carbocycles. The minimum Gasteiger partial charge on any atom is -0.399 e. The Labute approximate surface area is 93.4 Å². The number of hydrogen-bond donors (Lipinski definition) is 2. The predicted molar refractivity (Wildman–Crippen MR) is 53.3 cm³/mol.